The van der Waals surface area contributed by atoms with Gasteiger partial charge in [0.25, 0.3) is 0 Å². The molecular weight excluding hydrogens is 208 g/mol. The summed E-state index contributed by atoms with van der Waals surface area (Å²) < 4.78 is 0. The van der Waals surface area contributed by atoms with Crippen LogP contribution in [0.2, 0.25) is 0 Å². The van der Waals surface area contributed by atoms with Crippen molar-refractivity contribution in [3.05, 3.63) is 17.4 Å². The fourth-order valence-electron chi connectivity index (χ4n) is 2.40. The maximum absolute atomic E-state index is 11.4. The molecule has 96 valence electrons. The summed E-state index contributed by atoms with van der Waals surface area (Å²) >= 11 is 0. The van der Waals surface area contributed by atoms with Crippen LogP contribution in [-0.2, 0) is 4.79 Å². The minimum Gasteiger partial charge on any atom is -0.302 e. The van der Waals surface area contributed by atoms with Crippen LogP contribution in [0.3, 0.4) is 0 Å². The van der Waals surface area contributed by atoms with E-state index >= 15 is 0 Å². The van der Waals surface area contributed by atoms with Gasteiger partial charge in [-0.05, 0) is 50.2 Å². The summed E-state index contributed by atoms with van der Waals surface area (Å²) in [5, 5.41) is 0. The maximum atomic E-state index is 11.4. The molecule has 0 amide bonds. The first-order valence-electron chi connectivity index (χ1n) is 7.18. The van der Waals surface area contributed by atoms with Gasteiger partial charge in [0.15, 0.2) is 0 Å². The van der Waals surface area contributed by atoms with E-state index in [1.807, 2.05) is 0 Å². The molecule has 1 fully saturated rings. The van der Waals surface area contributed by atoms with E-state index in [0.717, 1.165) is 32.0 Å². The minimum absolute atomic E-state index is 0.250. The van der Waals surface area contributed by atoms with E-state index in [1.54, 1.807) is 0 Å². The van der Waals surface area contributed by atoms with Gasteiger partial charge in [-0.25, -0.2) is 0 Å². The van der Waals surface area contributed by atoms with E-state index in [4.69, 9.17) is 0 Å². The number of unbranched alkanes of at least 4 members (excludes halogenated alkanes) is 1. The summed E-state index contributed by atoms with van der Waals surface area (Å²) in [4.78, 5) is 11.4. The molecule has 1 rings (SSSR count). The Morgan fingerprint density at radius 3 is 2.47 bits per heavy atom. The summed E-state index contributed by atoms with van der Waals surface area (Å²) in [5.41, 5.74) is 4.61. The van der Waals surface area contributed by atoms with Gasteiger partial charge in [0.1, 0.15) is 6.29 Å². The first kappa shape index (κ1) is 14.3. The SMILES string of the molecule is CCCC[C@](C=O)(C=C=C1CCCCC1)CC. The van der Waals surface area contributed by atoms with Crippen LogP contribution in [0.25, 0.3) is 0 Å². The second-order valence-corrected chi connectivity index (χ2v) is 5.26. The summed E-state index contributed by atoms with van der Waals surface area (Å²) in [6.07, 6.45) is 13.7. The lowest BCUT2D eigenvalue weighted by Crippen LogP contribution is -2.18. The van der Waals surface area contributed by atoms with Crippen molar-refractivity contribution in [3.8, 4) is 0 Å². The molecule has 0 saturated heterocycles. The van der Waals surface area contributed by atoms with Crippen molar-refractivity contribution in [2.24, 2.45) is 5.41 Å². The Morgan fingerprint density at radius 2 is 1.94 bits per heavy atom. The van der Waals surface area contributed by atoms with E-state index in [0.29, 0.717) is 0 Å². The Morgan fingerprint density at radius 1 is 1.24 bits per heavy atom. The number of hydrogen-bond acceptors (Lipinski definition) is 1. The van der Waals surface area contributed by atoms with Crippen molar-refractivity contribution in [1.29, 1.82) is 0 Å². The summed E-state index contributed by atoms with van der Waals surface area (Å²) in [7, 11) is 0. The Balaban J connectivity index is 2.76. The van der Waals surface area contributed by atoms with Crippen LogP contribution in [0.1, 0.15) is 71.6 Å². The highest BCUT2D eigenvalue weighted by Gasteiger charge is 2.23. The number of carbonyl (C=O) groups excluding carboxylic acids is 1. The molecule has 1 atom stereocenters. The number of hydrogen-bond donors (Lipinski definition) is 0. The van der Waals surface area contributed by atoms with Crippen molar-refractivity contribution in [3.63, 3.8) is 0 Å². The molecule has 0 aromatic heterocycles. The van der Waals surface area contributed by atoms with Crippen LogP contribution in [0.15, 0.2) is 17.4 Å². The molecule has 1 aliphatic carbocycles. The lowest BCUT2D eigenvalue weighted by Gasteiger charge is -2.21. The quantitative estimate of drug-likeness (QED) is 0.476. The van der Waals surface area contributed by atoms with Crippen molar-refractivity contribution < 1.29 is 4.79 Å². The topological polar surface area (TPSA) is 17.1 Å². The summed E-state index contributed by atoms with van der Waals surface area (Å²) in [6.45, 7) is 4.28. The third-order valence-electron chi connectivity index (χ3n) is 3.91. The maximum Gasteiger partial charge on any atom is 0.130 e. The molecule has 17 heavy (non-hydrogen) atoms. The van der Waals surface area contributed by atoms with E-state index in [9.17, 15) is 4.79 Å². The van der Waals surface area contributed by atoms with Gasteiger partial charge in [0.2, 0.25) is 0 Å². The van der Waals surface area contributed by atoms with Gasteiger partial charge in [-0.2, -0.15) is 0 Å². The molecule has 1 aliphatic rings. The lowest BCUT2D eigenvalue weighted by atomic mass is 9.81. The molecule has 1 nitrogen and oxygen atoms in total. The van der Waals surface area contributed by atoms with Crippen LogP contribution in [0.4, 0.5) is 0 Å². The molecule has 0 radical (unpaired) electrons. The molecular formula is C16H26O. The van der Waals surface area contributed by atoms with Gasteiger partial charge in [0, 0.05) is 0 Å². The lowest BCUT2D eigenvalue weighted by molar-refractivity contribution is -0.114. The molecule has 0 heterocycles. The zero-order valence-corrected chi connectivity index (χ0v) is 11.4. The molecule has 0 spiro atoms. The van der Waals surface area contributed by atoms with Gasteiger partial charge in [-0.1, -0.05) is 33.1 Å². The van der Waals surface area contributed by atoms with E-state index < -0.39 is 0 Å². The highest BCUT2D eigenvalue weighted by molar-refractivity contribution is 5.62. The van der Waals surface area contributed by atoms with Gasteiger partial charge in [-0.3, -0.25) is 0 Å². The van der Waals surface area contributed by atoms with Crippen molar-refractivity contribution in [2.75, 3.05) is 0 Å². The number of allylic oxidation sites excluding steroid dienone is 1. The second kappa shape index (κ2) is 7.50. The average Bonchev–Trinajstić information content (AvgIpc) is 2.41. The van der Waals surface area contributed by atoms with Gasteiger partial charge >= 0.3 is 0 Å². The Bertz CT molecular complexity index is 289. The summed E-state index contributed by atoms with van der Waals surface area (Å²) in [6, 6.07) is 0. The minimum atomic E-state index is -0.250. The summed E-state index contributed by atoms with van der Waals surface area (Å²) in [5.74, 6) is 0. The van der Waals surface area contributed by atoms with Crippen molar-refractivity contribution in [1.82, 2.24) is 0 Å². The van der Waals surface area contributed by atoms with Crippen LogP contribution in [0, 0.1) is 5.41 Å². The van der Waals surface area contributed by atoms with Gasteiger partial charge in [-0.15, -0.1) is 5.73 Å². The fraction of sp³-hybridized carbons (Fsp3) is 0.750. The molecule has 0 aromatic rings. The van der Waals surface area contributed by atoms with Crippen LogP contribution in [-0.4, -0.2) is 6.29 Å². The number of aldehydes is 1. The largest absolute Gasteiger partial charge is 0.302 e. The van der Waals surface area contributed by atoms with E-state index in [1.165, 1.54) is 37.7 Å². The van der Waals surface area contributed by atoms with Crippen LogP contribution in [0.5, 0.6) is 0 Å². The molecule has 0 N–H and O–H groups in total. The highest BCUT2D eigenvalue weighted by atomic mass is 16.1. The molecule has 0 aliphatic heterocycles. The van der Waals surface area contributed by atoms with E-state index in [2.05, 4.69) is 25.7 Å². The number of rotatable bonds is 6. The van der Waals surface area contributed by atoms with E-state index in [-0.39, 0.29) is 5.41 Å². The first-order chi connectivity index (χ1) is 8.26. The average molecular weight is 234 g/mol. The zero-order valence-electron chi connectivity index (χ0n) is 11.4. The number of carbonyl (C=O) groups is 1. The second-order valence-electron chi connectivity index (χ2n) is 5.26. The standard InChI is InChI=1S/C16H26O/c1-3-5-12-16(4-2,14-17)13-11-15-9-7-6-8-10-15/h13-14H,3-10,12H2,1-2H3/t16-/m0/s1. The molecule has 0 bridgehead atoms. The Hall–Kier alpha value is -0.810. The monoisotopic (exact) mass is 234 g/mol. The van der Waals surface area contributed by atoms with Gasteiger partial charge in [0.05, 0.1) is 5.41 Å². The Labute approximate surface area is 106 Å². The predicted octanol–water partition coefficient (Wildman–Crippen LogP) is 4.82. The molecule has 0 aromatic carbocycles. The fourth-order valence-corrected chi connectivity index (χ4v) is 2.40. The van der Waals surface area contributed by atoms with Gasteiger partial charge < -0.3 is 4.79 Å². The zero-order chi connectivity index (χ0) is 12.6. The predicted molar refractivity (Wildman–Crippen MR) is 73.0 cm³/mol. The van der Waals surface area contributed by atoms with Crippen LogP contribution < -0.4 is 0 Å². The van der Waals surface area contributed by atoms with Crippen LogP contribution >= 0.6 is 0 Å². The smallest absolute Gasteiger partial charge is 0.130 e. The molecule has 1 heteroatoms. The Kier molecular flexibility index (Phi) is 6.29. The third-order valence-corrected chi connectivity index (χ3v) is 3.91. The molecule has 0 unspecified atom stereocenters. The third kappa shape index (κ3) is 4.52. The molecule has 1 saturated carbocycles. The highest BCUT2D eigenvalue weighted by Crippen LogP contribution is 2.29. The first-order valence-corrected chi connectivity index (χ1v) is 7.18. The normalized spacial score (nSPS) is 19.3. The van der Waals surface area contributed by atoms with Crippen molar-refractivity contribution >= 4 is 6.29 Å². The van der Waals surface area contributed by atoms with Crippen molar-refractivity contribution in [2.45, 2.75) is 71.6 Å².